The molecule has 7 heteroatoms. The van der Waals surface area contributed by atoms with Crippen LogP contribution in [0.15, 0.2) is 48.7 Å². The summed E-state index contributed by atoms with van der Waals surface area (Å²) in [6.07, 6.45) is 1.48. The molecular weight excluding hydrogens is 326 g/mol. The van der Waals surface area contributed by atoms with E-state index in [1.165, 1.54) is 11.3 Å². The number of pyridine rings is 1. The molecule has 24 heavy (non-hydrogen) atoms. The van der Waals surface area contributed by atoms with E-state index >= 15 is 0 Å². The molecule has 0 aliphatic rings. The Bertz CT molecular complexity index is 762. The predicted octanol–water partition coefficient (Wildman–Crippen LogP) is 4.26. The first-order valence-electron chi connectivity index (χ1n) is 7.56. The topological polar surface area (TPSA) is 66.4 Å². The van der Waals surface area contributed by atoms with Crippen LogP contribution in [0.2, 0.25) is 0 Å². The van der Waals surface area contributed by atoms with Gasteiger partial charge in [0.05, 0.1) is 6.61 Å². The van der Waals surface area contributed by atoms with Crippen LogP contribution >= 0.6 is 11.3 Å². The average Bonchev–Trinajstić information content (AvgIpc) is 3.07. The van der Waals surface area contributed by atoms with Crippen molar-refractivity contribution in [3.63, 3.8) is 0 Å². The van der Waals surface area contributed by atoms with E-state index in [1.807, 2.05) is 50.2 Å². The molecule has 3 aromatic rings. The molecule has 0 amide bonds. The summed E-state index contributed by atoms with van der Waals surface area (Å²) in [5.74, 6) is 1.98. The fourth-order valence-corrected chi connectivity index (χ4v) is 2.67. The minimum atomic E-state index is -0.209. The van der Waals surface area contributed by atoms with Gasteiger partial charge in [-0.2, -0.15) is 0 Å². The highest BCUT2D eigenvalue weighted by Crippen LogP contribution is 2.29. The Morgan fingerprint density at radius 2 is 1.83 bits per heavy atom. The Labute approximate surface area is 144 Å². The molecule has 0 saturated carbocycles. The lowest BCUT2D eigenvalue weighted by Gasteiger charge is -2.12. The molecule has 0 aliphatic heterocycles. The molecule has 1 atom stereocenters. The first-order chi connectivity index (χ1) is 11.7. The van der Waals surface area contributed by atoms with Crippen LogP contribution in [0.5, 0.6) is 22.6 Å². The summed E-state index contributed by atoms with van der Waals surface area (Å²) in [5.41, 5.74) is 0. The second-order valence-electron chi connectivity index (χ2n) is 4.84. The van der Waals surface area contributed by atoms with Gasteiger partial charge >= 0.3 is 0 Å². The van der Waals surface area contributed by atoms with E-state index in [9.17, 15) is 0 Å². The molecule has 2 heterocycles. The highest BCUT2D eigenvalue weighted by molar-refractivity contribution is 7.13. The maximum absolute atomic E-state index is 5.88. The summed E-state index contributed by atoms with van der Waals surface area (Å²) < 4.78 is 16.9. The SMILES string of the molecule is CCOc1nnc(C(C)Oc2ccc(Oc3ccccn3)cc2)s1. The van der Waals surface area contributed by atoms with Gasteiger partial charge in [0.2, 0.25) is 5.88 Å². The zero-order chi connectivity index (χ0) is 16.8. The van der Waals surface area contributed by atoms with Crippen molar-refractivity contribution >= 4 is 11.3 Å². The molecule has 0 radical (unpaired) electrons. The van der Waals surface area contributed by atoms with Gasteiger partial charge in [-0.3, -0.25) is 0 Å². The maximum Gasteiger partial charge on any atom is 0.294 e. The molecule has 1 aromatic carbocycles. The zero-order valence-corrected chi connectivity index (χ0v) is 14.2. The quantitative estimate of drug-likeness (QED) is 0.638. The maximum atomic E-state index is 5.88. The van der Waals surface area contributed by atoms with Crippen LogP contribution in [0.25, 0.3) is 0 Å². The number of ether oxygens (including phenoxy) is 3. The van der Waals surface area contributed by atoms with Gasteiger partial charge in [0.15, 0.2) is 5.01 Å². The molecule has 0 fully saturated rings. The van der Waals surface area contributed by atoms with Gasteiger partial charge in [0.25, 0.3) is 5.19 Å². The number of nitrogens with zero attached hydrogens (tertiary/aromatic N) is 3. The van der Waals surface area contributed by atoms with Crippen LogP contribution in [-0.2, 0) is 0 Å². The van der Waals surface area contributed by atoms with E-state index in [4.69, 9.17) is 14.2 Å². The molecular formula is C17H17N3O3S. The molecule has 0 bridgehead atoms. The van der Waals surface area contributed by atoms with Crippen molar-refractivity contribution < 1.29 is 14.2 Å². The van der Waals surface area contributed by atoms with E-state index in [-0.39, 0.29) is 6.10 Å². The number of hydrogen-bond donors (Lipinski definition) is 0. The molecule has 0 aliphatic carbocycles. The van der Waals surface area contributed by atoms with Gasteiger partial charge in [0.1, 0.15) is 17.6 Å². The van der Waals surface area contributed by atoms with Crippen LogP contribution in [0.4, 0.5) is 0 Å². The van der Waals surface area contributed by atoms with E-state index in [0.29, 0.717) is 23.4 Å². The number of rotatable bonds is 7. The van der Waals surface area contributed by atoms with Gasteiger partial charge < -0.3 is 14.2 Å². The normalized spacial score (nSPS) is 11.8. The van der Waals surface area contributed by atoms with Crippen molar-refractivity contribution in [2.75, 3.05) is 6.61 Å². The summed E-state index contributed by atoms with van der Waals surface area (Å²) in [5, 5.41) is 9.39. The Balaban J connectivity index is 1.60. The molecule has 3 rings (SSSR count). The van der Waals surface area contributed by atoms with Crippen molar-refractivity contribution in [2.24, 2.45) is 0 Å². The van der Waals surface area contributed by atoms with E-state index < -0.39 is 0 Å². The Morgan fingerprint density at radius 1 is 1.04 bits per heavy atom. The van der Waals surface area contributed by atoms with Crippen molar-refractivity contribution in [1.82, 2.24) is 15.2 Å². The average molecular weight is 343 g/mol. The van der Waals surface area contributed by atoms with Gasteiger partial charge in [0, 0.05) is 12.3 Å². The zero-order valence-electron chi connectivity index (χ0n) is 13.4. The summed E-state index contributed by atoms with van der Waals surface area (Å²) in [7, 11) is 0. The fraction of sp³-hybridized carbons (Fsp3) is 0.235. The minimum Gasteiger partial charge on any atom is -0.483 e. The Morgan fingerprint density at radius 3 is 2.54 bits per heavy atom. The molecule has 0 N–H and O–H groups in total. The molecule has 2 aromatic heterocycles. The second kappa shape index (κ2) is 7.74. The minimum absolute atomic E-state index is 0.209. The molecule has 0 saturated heterocycles. The van der Waals surface area contributed by atoms with Crippen molar-refractivity contribution in [3.05, 3.63) is 53.7 Å². The van der Waals surface area contributed by atoms with E-state index in [0.717, 1.165) is 10.8 Å². The summed E-state index contributed by atoms with van der Waals surface area (Å²) in [6.45, 7) is 4.41. The van der Waals surface area contributed by atoms with Crippen LogP contribution in [0.1, 0.15) is 25.0 Å². The lowest BCUT2D eigenvalue weighted by atomic mass is 10.3. The number of benzene rings is 1. The first-order valence-corrected chi connectivity index (χ1v) is 8.38. The van der Waals surface area contributed by atoms with Crippen LogP contribution in [0, 0.1) is 0 Å². The molecule has 0 spiro atoms. The molecule has 6 nitrogen and oxygen atoms in total. The van der Waals surface area contributed by atoms with Gasteiger partial charge in [-0.15, -0.1) is 5.10 Å². The summed E-state index contributed by atoms with van der Waals surface area (Å²) in [4.78, 5) is 4.12. The Hall–Kier alpha value is -2.67. The predicted molar refractivity (Wildman–Crippen MR) is 90.9 cm³/mol. The third kappa shape index (κ3) is 4.20. The van der Waals surface area contributed by atoms with Gasteiger partial charge in [-0.25, -0.2) is 4.98 Å². The number of hydrogen-bond acceptors (Lipinski definition) is 7. The fourth-order valence-electron chi connectivity index (χ4n) is 1.94. The standard InChI is InChI=1S/C17H17N3O3S/c1-3-21-17-20-19-16(24-17)12(2)22-13-7-9-14(10-8-13)23-15-6-4-5-11-18-15/h4-12H,3H2,1-2H3. The largest absolute Gasteiger partial charge is 0.483 e. The molecule has 1 unspecified atom stereocenters. The second-order valence-corrected chi connectivity index (χ2v) is 5.81. The van der Waals surface area contributed by atoms with Crippen molar-refractivity contribution in [2.45, 2.75) is 20.0 Å². The van der Waals surface area contributed by atoms with E-state index in [1.54, 1.807) is 12.3 Å². The van der Waals surface area contributed by atoms with Crippen LogP contribution < -0.4 is 14.2 Å². The highest BCUT2D eigenvalue weighted by Gasteiger charge is 2.14. The van der Waals surface area contributed by atoms with Crippen LogP contribution in [-0.4, -0.2) is 21.8 Å². The monoisotopic (exact) mass is 343 g/mol. The van der Waals surface area contributed by atoms with Gasteiger partial charge in [-0.1, -0.05) is 22.5 Å². The lowest BCUT2D eigenvalue weighted by Crippen LogP contribution is -2.02. The van der Waals surface area contributed by atoms with Crippen molar-refractivity contribution in [3.8, 4) is 22.6 Å². The summed E-state index contributed by atoms with van der Waals surface area (Å²) in [6, 6.07) is 12.9. The third-order valence-electron chi connectivity index (χ3n) is 3.03. The van der Waals surface area contributed by atoms with Crippen molar-refractivity contribution in [1.29, 1.82) is 0 Å². The van der Waals surface area contributed by atoms with Gasteiger partial charge in [-0.05, 0) is 44.2 Å². The summed E-state index contributed by atoms with van der Waals surface area (Å²) >= 11 is 1.39. The lowest BCUT2D eigenvalue weighted by molar-refractivity contribution is 0.225. The Kier molecular flexibility index (Phi) is 5.22. The van der Waals surface area contributed by atoms with E-state index in [2.05, 4.69) is 15.2 Å². The smallest absolute Gasteiger partial charge is 0.294 e. The number of aromatic nitrogens is 3. The molecule has 124 valence electrons. The first kappa shape index (κ1) is 16.2. The third-order valence-corrected chi connectivity index (χ3v) is 4.03. The van der Waals surface area contributed by atoms with Crippen LogP contribution in [0.3, 0.4) is 0 Å². The highest BCUT2D eigenvalue weighted by atomic mass is 32.1.